The third-order valence-corrected chi connectivity index (χ3v) is 5.32. The molecule has 0 spiro atoms. The van der Waals surface area contributed by atoms with Gasteiger partial charge in [0.1, 0.15) is 5.75 Å². The monoisotopic (exact) mass is 377 g/mol. The fraction of sp³-hybridized carbons (Fsp3) is 0.273. The highest BCUT2D eigenvalue weighted by Crippen LogP contribution is 2.23. The van der Waals surface area contributed by atoms with E-state index in [0.29, 0.717) is 43.1 Å². The number of aromatic nitrogens is 1. The molecule has 0 atom stereocenters. The van der Waals surface area contributed by atoms with Crippen molar-refractivity contribution < 1.29 is 14.3 Å². The lowest BCUT2D eigenvalue weighted by molar-refractivity contribution is 0.0534. The van der Waals surface area contributed by atoms with Gasteiger partial charge < -0.3 is 19.1 Å². The zero-order valence-electron chi connectivity index (χ0n) is 16.1. The molecule has 144 valence electrons. The zero-order chi connectivity index (χ0) is 19.7. The molecule has 1 aliphatic rings. The third kappa shape index (κ3) is 3.11. The summed E-state index contributed by atoms with van der Waals surface area (Å²) in [6.07, 6.45) is 1.89. The Hall–Kier alpha value is -3.28. The van der Waals surface area contributed by atoms with Crippen molar-refractivity contribution in [3.63, 3.8) is 0 Å². The van der Waals surface area contributed by atoms with Crippen LogP contribution in [0.2, 0.25) is 0 Å². The Balaban J connectivity index is 1.48. The van der Waals surface area contributed by atoms with Crippen LogP contribution >= 0.6 is 0 Å². The van der Waals surface area contributed by atoms with Gasteiger partial charge in [-0.15, -0.1) is 0 Å². The van der Waals surface area contributed by atoms with E-state index in [1.165, 1.54) is 0 Å². The van der Waals surface area contributed by atoms with Crippen LogP contribution in [0.5, 0.6) is 5.75 Å². The van der Waals surface area contributed by atoms with E-state index in [0.717, 1.165) is 10.9 Å². The molecule has 28 heavy (non-hydrogen) atoms. The van der Waals surface area contributed by atoms with E-state index in [4.69, 9.17) is 4.74 Å². The number of nitrogens with zero attached hydrogens (tertiary/aromatic N) is 3. The van der Waals surface area contributed by atoms with Crippen LogP contribution < -0.4 is 4.74 Å². The van der Waals surface area contributed by atoms with Gasteiger partial charge in [-0.2, -0.15) is 0 Å². The second-order valence-corrected chi connectivity index (χ2v) is 6.96. The maximum absolute atomic E-state index is 13.1. The van der Waals surface area contributed by atoms with Crippen LogP contribution in [0.1, 0.15) is 20.7 Å². The number of carbonyl (C=O) groups is 2. The number of piperazine rings is 1. The molecular formula is C22H23N3O3. The number of hydrogen-bond acceptors (Lipinski definition) is 3. The molecule has 2 amide bonds. The van der Waals surface area contributed by atoms with Gasteiger partial charge in [0, 0.05) is 50.3 Å². The Morgan fingerprint density at radius 3 is 2.07 bits per heavy atom. The van der Waals surface area contributed by atoms with Crippen LogP contribution in [0.3, 0.4) is 0 Å². The van der Waals surface area contributed by atoms with Gasteiger partial charge in [-0.3, -0.25) is 9.59 Å². The van der Waals surface area contributed by atoms with Crippen LogP contribution in [-0.4, -0.2) is 59.5 Å². The molecule has 4 rings (SSSR count). The highest BCUT2D eigenvalue weighted by atomic mass is 16.5. The average Bonchev–Trinajstić information content (AvgIpc) is 3.09. The van der Waals surface area contributed by atoms with E-state index in [2.05, 4.69) is 0 Å². The molecular weight excluding hydrogens is 354 g/mol. The molecule has 0 N–H and O–H groups in total. The number of para-hydroxylation sites is 2. The van der Waals surface area contributed by atoms with E-state index >= 15 is 0 Å². The van der Waals surface area contributed by atoms with Gasteiger partial charge in [-0.05, 0) is 18.2 Å². The average molecular weight is 377 g/mol. The molecule has 3 aromatic rings. The maximum atomic E-state index is 13.1. The minimum atomic E-state index is -0.0605. The molecule has 1 aliphatic heterocycles. The van der Waals surface area contributed by atoms with Crippen molar-refractivity contribution in [2.75, 3.05) is 33.3 Å². The number of fused-ring (bicyclic) bond motifs is 1. The minimum absolute atomic E-state index is 0.0150. The predicted molar refractivity (Wildman–Crippen MR) is 108 cm³/mol. The topological polar surface area (TPSA) is 54.8 Å². The van der Waals surface area contributed by atoms with E-state index in [1.54, 1.807) is 24.1 Å². The molecule has 1 aromatic heterocycles. The molecule has 6 nitrogen and oxygen atoms in total. The molecule has 1 saturated heterocycles. The van der Waals surface area contributed by atoms with Gasteiger partial charge in [-0.25, -0.2) is 0 Å². The summed E-state index contributed by atoms with van der Waals surface area (Å²) < 4.78 is 7.28. The third-order valence-electron chi connectivity index (χ3n) is 5.32. The molecule has 2 heterocycles. The first-order valence-electron chi connectivity index (χ1n) is 9.36. The molecule has 0 radical (unpaired) electrons. The smallest absolute Gasteiger partial charge is 0.257 e. The van der Waals surface area contributed by atoms with Crippen molar-refractivity contribution in [3.05, 3.63) is 65.9 Å². The van der Waals surface area contributed by atoms with Crippen molar-refractivity contribution >= 4 is 22.7 Å². The van der Waals surface area contributed by atoms with Crippen LogP contribution in [0, 0.1) is 0 Å². The first-order chi connectivity index (χ1) is 13.6. The highest BCUT2D eigenvalue weighted by molar-refractivity contribution is 6.07. The Morgan fingerprint density at radius 2 is 1.39 bits per heavy atom. The molecule has 1 fully saturated rings. The Labute approximate surface area is 163 Å². The molecule has 0 saturated carbocycles. The van der Waals surface area contributed by atoms with Gasteiger partial charge in [0.25, 0.3) is 11.8 Å². The fourth-order valence-electron chi connectivity index (χ4n) is 3.79. The quantitative estimate of drug-likeness (QED) is 0.705. The summed E-state index contributed by atoms with van der Waals surface area (Å²) in [5.74, 6) is 0.526. The number of carbonyl (C=O) groups excluding carboxylic acids is 2. The molecule has 2 aromatic carbocycles. The lowest BCUT2D eigenvalue weighted by Gasteiger charge is -2.35. The van der Waals surface area contributed by atoms with Crippen molar-refractivity contribution in [3.8, 4) is 5.75 Å². The van der Waals surface area contributed by atoms with Gasteiger partial charge in [0.2, 0.25) is 0 Å². The van der Waals surface area contributed by atoms with Crippen molar-refractivity contribution in [2.24, 2.45) is 7.05 Å². The Bertz CT molecular complexity index is 1030. The Kier molecular flexibility index (Phi) is 4.77. The summed E-state index contributed by atoms with van der Waals surface area (Å²) in [7, 11) is 3.51. The lowest BCUT2D eigenvalue weighted by Crippen LogP contribution is -2.50. The molecule has 0 bridgehead atoms. The second kappa shape index (κ2) is 7.38. The Morgan fingerprint density at radius 1 is 0.821 bits per heavy atom. The summed E-state index contributed by atoms with van der Waals surface area (Å²) in [5.41, 5.74) is 2.30. The normalized spacial score (nSPS) is 14.4. The number of benzene rings is 2. The first kappa shape index (κ1) is 18.1. The SMILES string of the molecule is COc1ccccc1C(=O)N1CCN(C(=O)c2cn(C)c3ccccc23)CC1. The number of aryl methyl sites for hydroxylation is 1. The summed E-state index contributed by atoms with van der Waals surface area (Å²) in [6.45, 7) is 2.05. The lowest BCUT2D eigenvalue weighted by atomic mass is 10.1. The number of ether oxygens (including phenoxy) is 1. The minimum Gasteiger partial charge on any atom is -0.496 e. The van der Waals surface area contributed by atoms with Gasteiger partial charge in [-0.1, -0.05) is 30.3 Å². The maximum Gasteiger partial charge on any atom is 0.257 e. The van der Waals surface area contributed by atoms with Crippen LogP contribution in [0.15, 0.2) is 54.7 Å². The molecule has 0 aliphatic carbocycles. The van der Waals surface area contributed by atoms with Gasteiger partial charge in [0.15, 0.2) is 0 Å². The summed E-state index contributed by atoms with van der Waals surface area (Å²) in [4.78, 5) is 29.5. The summed E-state index contributed by atoms with van der Waals surface area (Å²) in [5, 5.41) is 0.961. The zero-order valence-corrected chi connectivity index (χ0v) is 16.1. The number of amides is 2. The molecule has 6 heteroatoms. The van der Waals surface area contributed by atoms with Crippen LogP contribution in [0.4, 0.5) is 0 Å². The standard InChI is InChI=1S/C22H23N3O3/c1-23-15-18(16-7-3-5-9-19(16)23)22(27)25-13-11-24(12-14-25)21(26)17-8-4-6-10-20(17)28-2/h3-10,15H,11-14H2,1-2H3. The van der Waals surface area contributed by atoms with E-state index in [1.807, 2.05) is 59.1 Å². The number of hydrogen-bond donors (Lipinski definition) is 0. The van der Waals surface area contributed by atoms with E-state index in [-0.39, 0.29) is 11.8 Å². The number of rotatable bonds is 3. The van der Waals surface area contributed by atoms with Crippen LogP contribution in [0.25, 0.3) is 10.9 Å². The van der Waals surface area contributed by atoms with Crippen molar-refractivity contribution in [1.82, 2.24) is 14.4 Å². The summed E-state index contributed by atoms with van der Waals surface area (Å²) >= 11 is 0. The largest absolute Gasteiger partial charge is 0.496 e. The van der Waals surface area contributed by atoms with E-state index in [9.17, 15) is 9.59 Å². The first-order valence-corrected chi connectivity index (χ1v) is 9.36. The van der Waals surface area contributed by atoms with Crippen LogP contribution in [-0.2, 0) is 7.05 Å². The number of methoxy groups -OCH3 is 1. The summed E-state index contributed by atoms with van der Waals surface area (Å²) in [6, 6.07) is 15.1. The van der Waals surface area contributed by atoms with Gasteiger partial charge in [0.05, 0.1) is 18.2 Å². The predicted octanol–water partition coefficient (Wildman–Crippen LogP) is 2.79. The van der Waals surface area contributed by atoms with Crippen molar-refractivity contribution in [1.29, 1.82) is 0 Å². The highest BCUT2D eigenvalue weighted by Gasteiger charge is 2.28. The van der Waals surface area contributed by atoms with E-state index < -0.39 is 0 Å². The second-order valence-electron chi connectivity index (χ2n) is 6.96. The molecule has 0 unspecified atom stereocenters. The fourth-order valence-corrected chi connectivity index (χ4v) is 3.79. The van der Waals surface area contributed by atoms with Gasteiger partial charge >= 0.3 is 0 Å². The van der Waals surface area contributed by atoms with Crippen molar-refractivity contribution in [2.45, 2.75) is 0 Å².